The molecular weight excluding hydrogens is 441 g/mol. The summed E-state index contributed by atoms with van der Waals surface area (Å²) < 4.78 is 6.85. The van der Waals surface area contributed by atoms with Gasteiger partial charge in [0, 0.05) is 41.5 Å². The number of hydrogen-bond donors (Lipinski definition) is 2. The van der Waals surface area contributed by atoms with Crippen LogP contribution in [-0.4, -0.2) is 30.1 Å². The van der Waals surface area contributed by atoms with E-state index in [1.807, 2.05) is 12.1 Å². The first kappa shape index (κ1) is 22.8. The van der Waals surface area contributed by atoms with Gasteiger partial charge in [-0.3, -0.25) is 4.90 Å². The summed E-state index contributed by atoms with van der Waals surface area (Å²) in [6.45, 7) is 3.50. The Morgan fingerprint density at radius 3 is 2.00 bits per heavy atom. The van der Waals surface area contributed by atoms with Gasteiger partial charge in [-0.2, -0.15) is 0 Å². The molecule has 3 aromatic carbocycles. The van der Waals surface area contributed by atoms with E-state index in [4.69, 9.17) is 4.74 Å². The first-order valence-electron chi connectivity index (χ1n) is 11.0. The first-order valence-corrected chi connectivity index (χ1v) is 11.0. The third kappa shape index (κ3) is 4.15. The fourth-order valence-corrected chi connectivity index (χ4v) is 5.47. The van der Waals surface area contributed by atoms with Gasteiger partial charge >= 0.3 is 0 Å². The molecule has 1 spiro atoms. The third-order valence-electron chi connectivity index (χ3n) is 6.90. The molecule has 0 saturated carbocycles. The Morgan fingerprint density at radius 1 is 0.781 bits per heavy atom. The number of nitrogens with one attached hydrogen (secondary N) is 2. The van der Waals surface area contributed by atoms with Gasteiger partial charge in [0.1, 0.15) is 11.4 Å². The monoisotopic (exact) mass is 469 g/mol. The molecule has 6 heteroatoms. The van der Waals surface area contributed by atoms with Gasteiger partial charge in [-0.05, 0) is 62.3 Å². The lowest BCUT2D eigenvalue weighted by Crippen LogP contribution is -2.61. The van der Waals surface area contributed by atoms with Crippen molar-refractivity contribution in [1.82, 2.24) is 4.90 Å². The van der Waals surface area contributed by atoms with Crippen molar-refractivity contribution in [3.8, 4) is 5.75 Å². The van der Waals surface area contributed by atoms with Crippen molar-refractivity contribution in [2.75, 3.05) is 30.3 Å². The summed E-state index contributed by atoms with van der Waals surface area (Å²) in [5.74, 6) is 1.69. The summed E-state index contributed by atoms with van der Waals surface area (Å²) >= 11 is 0. The number of rotatable bonds is 4. The molecule has 7 rings (SSSR count). The smallest absolute Gasteiger partial charge is 0.147 e. The molecule has 1 atom stereocenters. The van der Waals surface area contributed by atoms with Crippen molar-refractivity contribution in [2.45, 2.75) is 24.9 Å². The van der Waals surface area contributed by atoms with Crippen molar-refractivity contribution in [2.24, 2.45) is 5.92 Å². The second-order valence-corrected chi connectivity index (χ2v) is 8.89. The Bertz CT molecular complexity index is 1060. The van der Waals surface area contributed by atoms with E-state index in [0.29, 0.717) is 5.92 Å². The molecule has 3 saturated heterocycles. The number of hydrogen-bond acceptors (Lipinski definition) is 4. The van der Waals surface area contributed by atoms with Crippen LogP contribution in [0.2, 0.25) is 0 Å². The van der Waals surface area contributed by atoms with Gasteiger partial charge in [0.25, 0.3) is 0 Å². The van der Waals surface area contributed by atoms with Gasteiger partial charge in [0.2, 0.25) is 0 Å². The number of anilines is 4. The fraction of sp³-hybridized carbons (Fsp3) is 0.308. The van der Waals surface area contributed by atoms with E-state index in [-0.39, 0.29) is 30.4 Å². The van der Waals surface area contributed by atoms with Crippen molar-refractivity contribution >= 4 is 47.6 Å². The molecule has 32 heavy (non-hydrogen) atoms. The number of piperidine rings is 3. The highest BCUT2D eigenvalue weighted by atomic mass is 35.5. The van der Waals surface area contributed by atoms with Crippen LogP contribution in [0, 0.1) is 5.92 Å². The standard InChI is InChI=1S/C26H27N3O.2ClH/c1-3-7-21(8-4-1)27-23-15-19-17-26(18-29-13-11-20(26)12-14-29)30-25(19)24(16-23)28-22-9-5-2-6-10-22;;/h1-10,15-16,20,27-28H,11-14,17-18H2;2*1H. The zero-order valence-corrected chi connectivity index (χ0v) is 19.6. The van der Waals surface area contributed by atoms with Gasteiger partial charge in [-0.15, -0.1) is 24.8 Å². The highest BCUT2D eigenvalue weighted by Gasteiger charge is 2.52. The van der Waals surface area contributed by atoms with Gasteiger partial charge < -0.3 is 15.4 Å². The number of halogens is 2. The van der Waals surface area contributed by atoms with Crippen LogP contribution in [0.15, 0.2) is 72.8 Å². The fourth-order valence-electron chi connectivity index (χ4n) is 5.47. The number of para-hydroxylation sites is 2. The predicted molar refractivity (Wildman–Crippen MR) is 137 cm³/mol. The quantitative estimate of drug-likeness (QED) is 0.462. The highest BCUT2D eigenvalue weighted by Crippen LogP contribution is 2.50. The average molecular weight is 470 g/mol. The Morgan fingerprint density at radius 2 is 1.41 bits per heavy atom. The number of nitrogens with zero attached hydrogens (tertiary/aromatic N) is 1. The van der Waals surface area contributed by atoms with Crippen LogP contribution in [0.5, 0.6) is 5.75 Å². The summed E-state index contributed by atoms with van der Waals surface area (Å²) in [6, 6.07) is 25.2. The summed E-state index contributed by atoms with van der Waals surface area (Å²) in [7, 11) is 0. The van der Waals surface area contributed by atoms with Crippen LogP contribution in [0.3, 0.4) is 0 Å². The Hall–Kier alpha value is -2.40. The molecule has 0 radical (unpaired) electrons. The minimum atomic E-state index is -0.0582. The lowest BCUT2D eigenvalue weighted by molar-refractivity contribution is -0.0795. The molecule has 4 nitrogen and oxygen atoms in total. The Labute approximate surface area is 202 Å². The van der Waals surface area contributed by atoms with Crippen LogP contribution < -0.4 is 15.4 Å². The molecule has 168 valence electrons. The maximum absolute atomic E-state index is 6.85. The van der Waals surface area contributed by atoms with E-state index in [1.54, 1.807) is 0 Å². The molecule has 3 aromatic rings. The summed E-state index contributed by atoms with van der Waals surface area (Å²) in [5.41, 5.74) is 5.57. The van der Waals surface area contributed by atoms with Crippen LogP contribution in [0.4, 0.5) is 22.7 Å². The molecule has 4 aliphatic rings. The highest BCUT2D eigenvalue weighted by molar-refractivity contribution is 5.85. The lowest BCUT2D eigenvalue weighted by Gasteiger charge is -2.50. The SMILES string of the molecule is Cl.Cl.c1ccc(Nc2cc3c(c(Nc4ccccc4)c2)OC2(C3)CN3CCC2CC3)cc1. The van der Waals surface area contributed by atoms with Gasteiger partial charge in [-0.25, -0.2) is 0 Å². The average Bonchev–Trinajstić information content (AvgIpc) is 3.14. The summed E-state index contributed by atoms with van der Waals surface area (Å²) in [4.78, 5) is 2.58. The van der Waals surface area contributed by atoms with Gasteiger partial charge in [-0.1, -0.05) is 36.4 Å². The second kappa shape index (κ2) is 9.22. The minimum absolute atomic E-state index is 0. The van der Waals surface area contributed by atoms with Gasteiger partial charge in [0.05, 0.1) is 5.69 Å². The van der Waals surface area contributed by atoms with Crippen molar-refractivity contribution in [3.63, 3.8) is 0 Å². The normalized spacial score (nSPS) is 24.6. The molecule has 0 aromatic heterocycles. The van der Waals surface area contributed by atoms with E-state index in [1.165, 1.54) is 31.5 Å². The third-order valence-corrected chi connectivity index (χ3v) is 6.90. The molecule has 4 aliphatic heterocycles. The summed E-state index contributed by atoms with van der Waals surface area (Å²) in [6.07, 6.45) is 3.51. The van der Waals surface area contributed by atoms with Crippen LogP contribution >= 0.6 is 24.8 Å². The van der Waals surface area contributed by atoms with Crippen molar-refractivity contribution in [1.29, 1.82) is 0 Å². The minimum Gasteiger partial charge on any atom is -0.483 e. The zero-order valence-electron chi connectivity index (χ0n) is 17.9. The second-order valence-electron chi connectivity index (χ2n) is 8.89. The topological polar surface area (TPSA) is 36.5 Å². The molecule has 2 N–H and O–H groups in total. The molecule has 3 fully saturated rings. The van der Waals surface area contributed by atoms with Crippen molar-refractivity contribution < 1.29 is 4.74 Å². The van der Waals surface area contributed by atoms with E-state index in [9.17, 15) is 0 Å². The van der Waals surface area contributed by atoms with Gasteiger partial charge in [0.15, 0.2) is 0 Å². The van der Waals surface area contributed by atoms with E-state index >= 15 is 0 Å². The van der Waals surface area contributed by atoms with Crippen LogP contribution in [0.25, 0.3) is 0 Å². The van der Waals surface area contributed by atoms with E-state index < -0.39 is 0 Å². The maximum Gasteiger partial charge on any atom is 0.147 e. The Balaban J connectivity index is 0.00000122. The molecule has 0 amide bonds. The molecular formula is C26H29Cl2N3O. The van der Waals surface area contributed by atoms with E-state index in [0.717, 1.165) is 41.5 Å². The van der Waals surface area contributed by atoms with Crippen LogP contribution in [-0.2, 0) is 6.42 Å². The predicted octanol–water partition coefficient (Wildman–Crippen LogP) is 6.42. The Kier molecular flexibility index (Phi) is 6.57. The largest absolute Gasteiger partial charge is 0.483 e. The lowest BCUT2D eigenvalue weighted by atomic mass is 9.73. The number of ether oxygens (including phenoxy) is 1. The molecule has 2 bridgehead atoms. The zero-order chi connectivity index (χ0) is 20.0. The van der Waals surface area contributed by atoms with E-state index in [2.05, 4.69) is 76.2 Å². The molecule has 4 heterocycles. The maximum atomic E-state index is 6.85. The number of fused-ring (bicyclic) bond motifs is 3. The molecule has 1 unspecified atom stereocenters. The first-order chi connectivity index (χ1) is 14.8. The number of benzene rings is 3. The van der Waals surface area contributed by atoms with Crippen molar-refractivity contribution in [3.05, 3.63) is 78.4 Å². The van der Waals surface area contributed by atoms with Crippen LogP contribution in [0.1, 0.15) is 18.4 Å². The summed E-state index contributed by atoms with van der Waals surface area (Å²) in [5, 5.41) is 7.20. The molecule has 0 aliphatic carbocycles.